The summed E-state index contributed by atoms with van der Waals surface area (Å²) < 4.78 is 26.9. The number of benzene rings is 1. The van der Waals surface area contributed by atoms with Crippen LogP contribution in [0.15, 0.2) is 34.5 Å². The third-order valence-corrected chi connectivity index (χ3v) is 7.94. The highest BCUT2D eigenvalue weighted by atomic mass is 32.2. The molecule has 5 nitrogen and oxygen atoms in total. The molecule has 3 rings (SSSR count). The Kier molecular flexibility index (Phi) is 5.27. The van der Waals surface area contributed by atoms with E-state index in [2.05, 4.69) is 5.32 Å². The molecule has 1 amide bonds. The molecule has 0 bridgehead atoms. The van der Waals surface area contributed by atoms with Gasteiger partial charge in [0.25, 0.3) is 15.9 Å². The molecule has 1 aliphatic heterocycles. The monoisotopic (exact) mass is 378 g/mol. The van der Waals surface area contributed by atoms with Crippen LogP contribution in [0.1, 0.15) is 39.2 Å². The fraction of sp³-hybridized carbons (Fsp3) is 0.389. The number of amides is 1. The Bertz CT molecular complexity index is 881. The van der Waals surface area contributed by atoms with Crippen molar-refractivity contribution < 1.29 is 13.2 Å². The first-order chi connectivity index (χ1) is 11.9. The van der Waals surface area contributed by atoms with Crippen molar-refractivity contribution in [2.45, 2.75) is 37.4 Å². The summed E-state index contributed by atoms with van der Waals surface area (Å²) in [5, 5.41) is 2.86. The maximum Gasteiger partial charge on any atom is 0.252 e. The number of carbonyl (C=O) groups excluding carboxylic acids is 1. The number of sulfonamides is 1. The number of hydrogen-bond acceptors (Lipinski definition) is 4. The Morgan fingerprint density at radius 1 is 1.12 bits per heavy atom. The van der Waals surface area contributed by atoms with Crippen LogP contribution < -0.4 is 5.32 Å². The smallest absolute Gasteiger partial charge is 0.252 e. The van der Waals surface area contributed by atoms with Gasteiger partial charge in [0.15, 0.2) is 0 Å². The highest BCUT2D eigenvalue weighted by Crippen LogP contribution is 2.27. The van der Waals surface area contributed by atoms with Gasteiger partial charge in [0.05, 0.1) is 6.54 Å². The van der Waals surface area contributed by atoms with E-state index in [4.69, 9.17) is 0 Å². The van der Waals surface area contributed by atoms with E-state index in [0.29, 0.717) is 29.4 Å². The van der Waals surface area contributed by atoms with Crippen LogP contribution in [-0.2, 0) is 16.6 Å². The van der Waals surface area contributed by atoms with Gasteiger partial charge in [-0.2, -0.15) is 4.31 Å². The Hall–Kier alpha value is -1.70. The van der Waals surface area contributed by atoms with Crippen molar-refractivity contribution in [2.75, 3.05) is 13.1 Å². The van der Waals surface area contributed by atoms with Crippen molar-refractivity contribution >= 4 is 27.3 Å². The quantitative estimate of drug-likeness (QED) is 0.869. The molecule has 1 aliphatic rings. The van der Waals surface area contributed by atoms with Gasteiger partial charge in [-0.05, 0) is 62.1 Å². The molecular weight excluding hydrogens is 356 g/mol. The number of carbonyl (C=O) groups is 1. The van der Waals surface area contributed by atoms with E-state index in [-0.39, 0.29) is 5.91 Å². The van der Waals surface area contributed by atoms with Gasteiger partial charge in [0, 0.05) is 23.5 Å². The zero-order valence-electron chi connectivity index (χ0n) is 14.4. The van der Waals surface area contributed by atoms with Gasteiger partial charge in [0.2, 0.25) is 0 Å². The maximum atomic E-state index is 12.5. The molecule has 1 saturated heterocycles. The zero-order chi connectivity index (χ0) is 18.0. The Morgan fingerprint density at radius 3 is 2.52 bits per heavy atom. The van der Waals surface area contributed by atoms with E-state index in [1.54, 1.807) is 18.2 Å². The molecule has 25 heavy (non-hydrogen) atoms. The molecule has 2 heterocycles. The third kappa shape index (κ3) is 3.94. The maximum absolute atomic E-state index is 12.5. The van der Waals surface area contributed by atoms with Crippen LogP contribution in [0.5, 0.6) is 0 Å². The number of hydrogen-bond donors (Lipinski definition) is 1. The van der Waals surface area contributed by atoms with Crippen LogP contribution >= 0.6 is 11.3 Å². The summed E-state index contributed by atoms with van der Waals surface area (Å²) in [6, 6.07) is 9.00. The summed E-state index contributed by atoms with van der Waals surface area (Å²) in [6.45, 7) is 5.50. The Labute approximate surface area is 152 Å². The lowest BCUT2D eigenvalue weighted by Gasteiger charge is -2.13. The minimum Gasteiger partial charge on any atom is -0.347 e. The first kappa shape index (κ1) is 18.1. The van der Waals surface area contributed by atoms with Gasteiger partial charge in [-0.3, -0.25) is 4.79 Å². The normalized spacial score (nSPS) is 15.4. The Morgan fingerprint density at radius 2 is 1.84 bits per heavy atom. The topological polar surface area (TPSA) is 66.5 Å². The molecule has 0 atom stereocenters. The number of aryl methyl sites for hydroxylation is 2. The first-order valence-corrected chi connectivity index (χ1v) is 10.6. The molecule has 1 N–H and O–H groups in total. The van der Waals surface area contributed by atoms with E-state index >= 15 is 0 Å². The van der Waals surface area contributed by atoms with Crippen molar-refractivity contribution in [1.29, 1.82) is 0 Å². The summed E-state index contributed by atoms with van der Waals surface area (Å²) >= 11 is 1.23. The molecule has 2 aromatic rings. The van der Waals surface area contributed by atoms with Crippen molar-refractivity contribution in [3.05, 3.63) is 51.9 Å². The van der Waals surface area contributed by atoms with Gasteiger partial charge >= 0.3 is 0 Å². The average Bonchev–Trinajstić information content (AvgIpc) is 3.27. The van der Waals surface area contributed by atoms with E-state index in [1.165, 1.54) is 15.6 Å². The van der Waals surface area contributed by atoms with Crippen LogP contribution in [0.4, 0.5) is 0 Å². The van der Waals surface area contributed by atoms with Crippen LogP contribution in [0.3, 0.4) is 0 Å². The lowest BCUT2D eigenvalue weighted by atomic mass is 10.1. The fourth-order valence-corrected chi connectivity index (χ4v) is 5.77. The fourth-order valence-electron chi connectivity index (χ4n) is 2.80. The molecule has 1 fully saturated rings. The first-order valence-electron chi connectivity index (χ1n) is 8.32. The van der Waals surface area contributed by atoms with Crippen molar-refractivity contribution in [3.63, 3.8) is 0 Å². The van der Waals surface area contributed by atoms with Gasteiger partial charge in [0.1, 0.15) is 4.21 Å². The van der Waals surface area contributed by atoms with Gasteiger partial charge < -0.3 is 5.32 Å². The molecule has 0 saturated carbocycles. The van der Waals surface area contributed by atoms with E-state index in [1.807, 2.05) is 26.0 Å². The molecule has 1 aromatic heterocycles. The summed E-state index contributed by atoms with van der Waals surface area (Å²) in [6.07, 6.45) is 1.84. The number of nitrogens with one attached hydrogen (secondary N) is 1. The summed E-state index contributed by atoms with van der Waals surface area (Å²) in [4.78, 5) is 13.1. The molecule has 0 radical (unpaired) electrons. The molecule has 1 aromatic carbocycles. The number of nitrogens with zero attached hydrogens (tertiary/aromatic N) is 1. The standard InChI is InChI=1S/C18H22N2O3S2/c1-13-5-6-15(11-14(13)2)18(21)19-12-16-7-8-17(24-16)25(22,23)20-9-3-4-10-20/h5-8,11H,3-4,9-10,12H2,1-2H3,(H,19,21). The van der Waals surface area contributed by atoms with Crippen molar-refractivity contribution in [1.82, 2.24) is 9.62 Å². The Balaban J connectivity index is 1.65. The molecule has 0 aliphatic carbocycles. The second kappa shape index (κ2) is 7.27. The van der Waals surface area contributed by atoms with Crippen LogP contribution in [-0.4, -0.2) is 31.7 Å². The summed E-state index contributed by atoms with van der Waals surface area (Å²) in [7, 11) is -3.38. The van der Waals surface area contributed by atoms with Gasteiger partial charge in [-0.25, -0.2) is 8.42 Å². The predicted octanol–water partition coefficient (Wildman–Crippen LogP) is 3.08. The summed E-state index contributed by atoms with van der Waals surface area (Å²) in [5.41, 5.74) is 2.83. The van der Waals surface area contributed by atoms with E-state index in [9.17, 15) is 13.2 Å². The number of rotatable bonds is 5. The minimum atomic E-state index is -3.38. The average molecular weight is 379 g/mol. The van der Waals surface area contributed by atoms with Crippen LogP contribution in [0.25, 0.3) is 0 Å². The number of thiophene rings is 1. The minimum absolute atomic E-state index is 0.152. The molecule has 0 spiro atoms. The zero-order valence-corrected chi connectivity index (χ0v) is 16.0. The van der Waals surface area contributed by atoms with Crippen LogP contribution in [0, 0.1) is 13.8 Å². The van der Waals surface area contributed by atoms with Gasteiger partial charge in [-0.1, -0.05) is 6.07 Å². The summed E-state index contributed by atoms with van der Waals surface area (Å²) in [5.74, 6) is -0.152. The van der Waals surface area contributed by atoms with Gasteiger partial charge in [-0.15, -0.1) is 11.3 Å². The van der Waals surface area contributed by atoms with Crippen molar-refractivity contribution in [3.8, 4) is 0 Å². The highest BCUT2D eigenvalue weighted by Gasteiger charge is 2.28. The highest BCUT2D eigenvalue weighted by molar-refractivity contribution is 7.91. The third-order valence-electron chi connectivity index (χ3n) is 4.49. The van der Waals surface area contributed by atoms with E-state index < -0.39 is 10.0 Å². The molecule has 134 valence electrons. The molecule has 7 heteroatoms. The predicted molar refractivity (Wildman–Crippen MR) is 99.4 cm³/mol. The van der Waals surface area contributed by atoms with Crippen LogP contribution in [0.2, 0.25) is 0 Å². The van der Waals surface area contributed by atoms with Crippen molar-refractivity contribution in [2.24, 2.45) is 0 Å². The van der Waals surface area contributed by atoms with E-state index in [0.717, 1.165) is 28.8 Å². The second-order valence-electron chi connectivity index (χ2n) is 6.31. The SMILES string of the molecule is Cc1ccc(C(=O)NCc2ccc(S(=O)(=O)N3CCCC3)s2)cc1C. The molecular formula is C18H22N2O3S2. The largest absolute Gasteiger partial charge is 0.347 e. The molecule has 0 unspecified atom stereocenters. The lowest BCUT2D eigenvalue weighted by molar-refractivity contribution is 0.0951. The second-order valence-corrected chi connectivity index (χ2v) is 9.65. The lowest BCUT2D eigenvalue weighted by Crippen LogP contribution is -2.27.